The molecule has 1 aliphatic carbocycles. The van der Waals surface area contributed by atoms with Crippen molar-refractivity contribution in [1.82, 2.24) is 0 Å². The molecule has 0 aromatic heterocycles. The van der Waals surface area contributed by atoms with Crippen molar-refractivity contribution in [2.45, 2.75) is 25.4 Å². The van der Waals surface area contributed by atoms with E-state index < -0.39 is 11.4 Å². The van der Waals surface area contributed by atoms with E-state index in [-0.39, 0.29) is 11.5 Å². The lowest BCUT2D eigenvalue weighted by atomic mass is 10.0. The Labute approximate surface area is 87.5 Å². The van der Waals surface area contributed by atoms with Crippen LogP contribution in [0.5, 0.6) is 0 Å². The van der Waals surface area contributed by atoms with Gasteiger partial charge in [0, 0.05) is 10.6 Å². The smallest absolute Gasteiger partial charge is 0.130 e. The van der Waals surface area contributed by atoms with Crippen LogP contribution in [0.1, 0.15) is 25.3 Å². The predicted octanol–water partition coefficient (Wildman–Crippen LogP) is 3.10. The minimum atomic E-state index is -1.02. The third-order valence-electron chi connectivity index (χ3n) is 2.96. The van der Waals surface area contributed by atoms with E-state index >= 15 is 0 Å². The first-order chi connectivity index (χ1) is 6.59. The first-order valence-electron chi connectivity index (χ1n) is 4.76. The lowest BCUT2D eigenvalue weighted by Crippen LogP contribution is -2.11. The molecule has 1 nitrogen and oxygen atoms in total. The molecule has 2 atom stereocenters. The fourth-order valence-electron chi connectivity index (χ4n) is 2.02. The maximum Gasteiger partial charge on any atom is 0.130 e. The highest BCUT2D eigenvalue weighted by Crippen LogP contribution is 2.55. The summed E-state index contributed by atoms with van der Waals surface area (Å²) in [7, 11) is 0. The highest BCUT2D eigenvalue weighted by Gasteiger charge is 2.55. The molecule has 0 saturated heterocycles. The van der Waals surface area contributed by atoms with Crippen LogP contribution >= 0.6 is 11.6 Å². The molecule has 1 N–H and O–H groups in total. The van der Waals surface area contributed by atoms with Gasteiger partial charge in [0.15, 0.2) is 0 Å². The van der Waals surface area contributed by atoms with Crippen LogP contribution in [0.25, 0.3) is 0 Å². The lowest BCUT2D eigenvalue weighted by Gasteiger charge is -2.13. The van der Waals surface area contributed by atoms with Crippen molar-refractivity contribution in [1.29, 1.82) is 0 Å². The Kier molecular flexibility index (Phi) is 2.28. The van der Waals surface area contributed by atoms with E-state index in [2.05, 4.69) is 0 Å². The molecular formula is C11H12ClFO. The first kappa shape index (κ1) is 9.94. The molecule has 1 aromatic rings. The Morgan fingerprint density at radius 1 is 1.64 bits per heavy atom. The van der Waals surface area contributed by atoms with Crippen molar-refractivity contribution in [2.75, 3.05) is 0 Å². The third-order valence-corrected chi connectivity index (χ3v) is 3.28. The largest absolute Gasteiger partial charge is 0.385 e. The summed E-state index contributed by atoms with van der Waals surface area (Å²) in [5.41, 5.74) is -0.745. The van der Waals surface area contributed by atoms with Gasteiger partial charge in [-0.2, -0.15) is 0 Å². The molecular weight excluding hydrogens is 203 g/mol. The fourth-order valence-corrected chi connectivity index (χ4v) is 2.34. The molecule has 0 bridgehead atoms. The normalized spacial score (nSPS) is 30.4. The van der Waals surface area contributed by atoms with Gasteiger partial charge in [-0.05, 0) is 24.5 Å². The minimum Gasteiger partial charge on any atom is -0.385 e. The van der Waals surface area contributed by atoms with Crippen LogP contribution in [-0.4, -0.2) is 5.11 Å². The van der Waals surface area contributed by atoms with E-state index in [1.54, 1.807) is 12.1 Å². The molecule has 0 heterocycles. The van der Waals surface area contributed by atoms with Gasteiger partial charge >= 0.3 is 0 Å². The molecule has 0 spiro atoms. The topological polar surface area (TPSA) is 20.2 Å². The maximum absolute atomic E-state index is 13.5. The predicted molar refractivity (Wildman–Crippen MR) is 53.7 cm³/mol. The van der Waals surface area contributed by atoms with E-state index in [9.17, 15) is 9.50 Å². The number of rotatable bonds is 2. The van der Waals surface area contributed by atoms with Crippen LogP contribution < -0.4 is 0 Å². The molecule has 1 aliphatic rings. The van der Waals surface area contributed by atoms with Crippen LogP contribution in [0.3, 0.4) is 0 Å². The van der Waals surface area contributed by atoms with Crippen molar-refractivity contribution in [3.63, 3.8) is 0 Å². The summed E-state index contributed by atoms with van der Waals surface area (Å²) >= 11 is 5.88. The van der Waals surface area contributed by atoms with E-state index in [1.807, 2.05) is 6.92 Å². The molecule has 3 heteroatoms. The standard InChI is InChI=1S/C11H12ClFO/c1-2-7-6-11(7,14)10-8(12)4-3-5-9(10)13/h3-5,7,14H,2,6H2,1H3. The molecule has 1 fully saturated rings. The number of halogens is 2. The summed E-state index contributed by atoms with van der Waals surface area (Å²) in [6.45, 7) is 1.98. The highest BCUT2D eigenvalue weighted by atomic mass is 35.5. The molecule has 0 amide bonds. The van der Waals surface area contributed by atoms with Crippen molar-refractivity contribution >= 4 is 11.6 Å². The van der Waals surface area contributed by atoms with Crippen LogP contribution in [0, 0.1) is 11.7 Å². The van der Waals surface area contributed by atoms with Crippen LogP contribution in [0.2, 0.25) is 5.02 Å². The van der Waals surface area contributed by atoms with Gasteiger partial charge in [-0.25, -0.2) is 4.39 Å². The van der Waals surface area contributed by atoms with Gasteiger partial charge in [0.2, 0.25) is 0 Å². The number of aliphatic hydroxyl groups is 1. The van der Waals surface area contributed by atoms with Crippen molar-refractivity contribution in [3.8, 4) is 0 Å². The zero-order chi connectivity index (χ0) is 10.3. The quantitative estimate of drug-likeness (QED) is 0.802. The molecule has 0 radical (unpaired) electrons. The summed E-state index contributed by atoms with van der Waals surface area (Å²) in [6.07, 6.45) is 1.46. The fraction of sp³-hybridized carbons (Fsp3) is 0.455. The second-order valence-electron chi connectivity index (χ2n) is 3.83. The highest BCUT2D eigenvalue weighted by molar-refractivity contribution is 6.31. The van der Waals surface area contributed by atoms with Gasteiger partial charge in [-0.1, -0.05) is 31.0 Å². The minimum absolute atomic E-state index is 0.150. The van der Waals surface area contributed by atoms with E-state index in [0.717, 1.165) is 6.42 Å². The van der Waals surface area contributed by atoms with E-state index in [1.165, 1.54) is 6.07 Å². The zero-order valence-electron chi connectivity index (χ0n) is 7.93. The molecule has 1 saturated carbocycles. The number of benzene rings is 1. The number of hydrogen-bond donors (Lipinski definition) is 1. The summed E-state index contributed by atoms with van der Waals surface area (Å²) in [5, 5.41) is 10.4. The van der Waals surface area contributed by atoms with Gasteiger partial charge in [-0.15, -0.1) is 0 Å². The monoisotopic (exact) mass is 214 g/mol. The van der Waals surface area contributed by atoms with Gasteiger partial charge in [0.25, 0.3) is 0 Å². The Hall–Kier alpha value is -0.600. The maximum atomic E-state index is 13.5. The average Bonchev–Trinajstić information content (AvgIpc) is 2.77. The van der Waals surface area contributed by atoms with E-state index in [0.29, 0.717) is 11.4 Å². The SMILES string of the molecule is CCC1CC1(O)c1c(F)cccc1Cl. The van der Waals surface area contributed by atoms with Crippen LogP contribution in [0.4, 0.5) is 4.39 Å². The zero-order valence-corrected chi connectivity index (χ0v) is 8.68. The third kappa shape index (κ3) is 1.33. The lowest BCUT2D eigenvalue weighted by molar-refractivity contribution is 0.126. The van der Waals surface area contributed by atoms with Crippen molar-refractivity contribution in [3.05, 3.63) is 34.6 Å². The Morgan fingerprint density at radius 3 is 2.86 bits per heavy atom. The van der Waals surface area contributed by atoms with Crippen molar-refractivity contribution in [2.24, 2.45) is 5.92 Å². The second kappa shape index (κ2) is 3.21. The average molecular weight is 215 g/mol. The van der Waals surface area contributed by atoms with Gasteiger partial charge in [0.05, 0.1) is 5.60 Å². The second-order valence-corrected chi connectivity index (χ2v) is 4.24. The molecule has 2 rings (SSSR count). The van der Waals surface area contributed by atoms with Crippen molar-refractivity contribution < 1.29 is 9.50 Å². The van der Waals surface area contributed by atoms with Gasteiger partial charge in [0.1, 0.15) is 5.82 Å². The molecule has 2 unspecified atom stereocenters. The van der Waals surface area contributed by atoms with E-state index in [4.69, 9.17) is 11.6 Å². The first-order valence-corrected chi connectivity index (χ1v) is 5.14. The summed E-state index contributed by atoms with van der Waals surface area (Å²) in [6, 6.07) is 4.50. The molecule has 76 valence electrons. The summed E-state index contributed by atoms with van der Waals surface area (Å²) in [5.74, 6) is -0.257. The van der Waals surface area contributed by atoms with Gasteiger partial charge in [-0.3, -0.25) is 0 Å². The Balaban J connectivity index is 2.43. The Morgan fingerprint density at radius 2 is 2.36 bits per heavy atom. The summed E-state index contributed by atoms with van der Waals surface area (Å²) in [4.78, 5) is 0. The molecule has 14 heavy (non-hydrogen) atoms. The molecule has 0 aliphatic heterocycles. The van der Waals surface area contributed by atoms with Crippen LogP contribution in [-0.2, 0) is 5.60 Å². The molecule has 1 aromatic carbocycles. The number of hydrogen-bond acceptors (Lipinski definition) is 1. The summed E-state index contributed by atoms with van der Waals surface area (Å²) < 4.78 is 13.5. The Bertz CT molecular complexity index is 346. The van der Waals surface area contributed by atoms with Gasteiger partial charge < -0.3 is 5.11 Å². The van der Waals surface area contributed by atoms with Crippen LogP contribution in [0.15, 0.2) is 18.2 Å².